The van der Waals surface area contributed by atoms with Gasteiger partial charge in [-0.3, -0.25) is 9.36 Å². The van der Waals surface area contributed by atoms with Crippen LogP contribution in [0.25, 0.3) is 0 Å². The molecule has 6 heteroatoms. The Kier molecular flexibility index (Phi) is 31.6. The first-order chi connectivity index (χ1) is 20.5. The fourth-order valence-corrected chi connectivity index (χ4v) is 7.22. The quantitative estimate of drug-likeness (QED) is 0.0428. The highest BCUT2D eigenvalue weighted by Gasteiger charge is 2.37. The first-order valence-corrected chi connectivity index (χ1v) is 20.0. The molecule has 0 aliphatic carbocycles. The van der Waals surface area contributed by atoms with Gasteiger partial charge in [0.1, 0.15) is 11.4 Å². The van der Waals surface area contributed by atoms with Crippen molar-refractivity contribution >= 4 is 13.4 Å². The molecule has 0 aromatic carbocycles. The van der Waals surface area contributed by atoms with Crippen LogP contribution in [-0.4, -0.2) is 29.5 Å². The standard InChI is InChI=1S/C36H72NO4P/c1-3-5-7-9-11-13-15-17-19-21-23-25-27-29-31-35(38)36(42(39,40)41-34-33-37)32-30-28-26-24-22-20-18-16-14-12-10-8-6-4-2/h18,20,36H,3-17,19,21-34,37H2,1-2H3,(H,39,40)/b20-18-. The lowest BCUT2D eigenvalue weighted by Crippen LogP contribution is -2.23. The van der Waals surface area contributed by atoms with Gasteiger partial charge in [-0.25, -0.2) is 0 Å². The van der Waals surface area contributed by atoms with E-state index in [1.807, 2.05) is 0 Å². The maximum atomic E-state index is 13.0. The fourth-order valence-electron chi connectivity index (χ4n) is 5.67. The van der Waals surface area contributed by atoms with Crippen molar-refractivity contribution in [2.75, 3.05) is 13.2 Å². The zero-order valence-electron chi connectivity index (χ0n) is 28.1. The number of carbonyl (C=O) groups excluding carboxylic acids is 1. The molecule has 5 nitrogen and oxygen atoms in total. The zero-order valence-corrected chi connectivity index (χ0v) is 29.0. The van der Waals surface area contributed by atoms with Crippen molar-refractivity contribution in [2.45, 2.75) is 199 Å². The lowest BCUT2D eigenvalue weighted by Gasteiger charge is -2.21. The largest absolute Gasteiger partial charge is 0.338 e. The third-order valence-electron chi connectivity index (χ3n) is 8.43. The number of ketones is 1. The summed E-state index contributed by atoms with van der Waals surface area (Å²) in [6.07, 6.45) is 37.5. The number of unbranched alkanes of at least 4 members (excludes halogenated alkanes) is 23. The highest BCUT2D eigenvalue weighted by Crippen LogP contribution is 2.50. The van der Waals surface area contributed by atoms with Crippen molar-refractivity contribution < 1.29 is 18.8 Å². The summed E-state index contributed by atoms with van der Waals surface area (Å²) in [6.45, 7) is 4.71. The third kappa shape index (κ3) is 27.1. The summed E-state index contributed by atoms with van der Waals surface area (Å²) in [5.74, 6) is -0.102. The molecule has 0 amide bonds. The van der Waals surface area contributed by atoms with E-state index in [9.17, 15) is 14.3 Å². The van der Waals surface area contributed by atoms with Crippen LogP contribution in [0, 0.1) is 0 Å². The zero-order chi connectivity index (χ0) is 31.0. The molecular weight excluding hydrogens is 541 g/mol. The summed E-state index contributed by atoms with van der Waals surface area (Å²) in [5, 5.41) is 0. The Morgan fingerprint density at radius 2 is 1.02 bits per heavy atom. The van der Waals surface area contributed by atoms with Gasteiger partial charge in [0.05, 0.1) is 6.61 Å². The van der Waals surface area contributed by atoms with Crippen molar-refractivity contribution in [3.05, 3.63) is 12.2 Å². The topological polar surface area (TPSA) is 89.6 Å². The van der Waals surface area contributed by atoms with Gasteiger partial charge in [0.2, 0.25) is 0 Å². The molecule has 0 spiro atoms. The van der Waals surface area contributed by atoms with Crippen molar-refractivity contribution in [3.63, 3.8) is 0 Å². The van der Waals surface area contributed by atoms with Crippen LogP contribution in [0.4, 0.5) is 0 Å². The predicted molar refractivity (Wildman–Crippen MR) is 183 cm³/mol. The third-order valence-corrected chi connectivity index (χ3v) is 10.3. The van der Waals surface area contributed by atoms with E-state index in [0.29, 0.717) is 12.8 Å². The maximum Gasteiger partial charge on any atom is 0.338 e. The SMILES string of the molecule is CCCCCCCC/C=C\CCCCCCC(C(=O)CCCCCCCCCCCCCCCC)P(=O)(O)OCCN. The number of hydrogen-bond acceptors (Lipinski definition) is 4. The van der Waals surface area contributed by atoms with Crippen molar-refractivity contribution in [3.8, 4) is 0 Å². The summed E-state index contributed by atoms with van der Waals surface area (Å²) in [6, 6.07) is 0. The van der Waals surface area contributed by atoms with E-state index in [1.54, 1.807) is 0 Å². The summed E-state index contributed by atoms with van der Waals surface area (Å²) < 4.78 is 18.1. The van der Waals surface area contributed by atoms with Crippen LogP contribution in [0.15, 0.2) is 12.2 Å². The van der Waals surface area contributed by atoms with Gasteiger partial charge in [-0.2, -0.15) is 0 Å². The number of Topliss-reactive ketones (excluding diaryl/α,β-unsaturated/α-hetero) is 1. The number of nitrogens with two attached hydrogens (primary N) is 1. The molecule has 250 valence electrons. The molecule has 0 saturated heterocycles. The Balaban J connectivity index is 4.05. The summed E-state index contributed by atoms with van der Waals surface area (Å²) in [5.41, 5.74) is 4.59. The monoisotopic (exact) mass is 614 g/mol. The first-order valence-electron chi connectivity index (χ1n) is 18.3. The molecule has 0 radical (unpaired) electrons. The van der Waals surface area contributed by atoms with Crippen molar-refractivity contribution in [1.29, 1.82) is 0 Å². The maximum absolute atomic E-state index is 13.0. The van der Waals surface area contributed by atoms with Crippen molar-refractivity contribution in [1.82, 2.24) is 0 Å². The van der Waals surface area contributed by atoms with E-state index >= 15 is 0 Å². The lowest BCUT2D eigenvalue weighted by atomic mass is 10.0. The molecule has 0 heterocycles. The Morgan fingerprint density at radius 1 is 0.643 bits per heavy atom. The summed E-state index contributed by atoms with van der Waals surface area (Å²) in [7, 11) is -3.99. The molecular formula is C36H72NO4P. The second kappa shape index (κ2) is 31.9. The molecule has 0 aromatic heterocycles. The second-order valence-corrected chi connectivity index (χ2v) is 14.5. The van der Waals surface area contributed by atoms with Gasteiger partial charge in [-0.05, 0) is 38.5 Å². The van der Waals surface area contributed by atoms with Gasteiger partial charge in [0, 0.05) is 13.0 Å². The van der Waals surface area contributed by atoms with Crippen LogP contribution < -0.4 is 5.73 Å². The van der Waals surface area contributed by atoms with Gasteiger partial charge >= 0.3 is 7.60 Å². The Bertz CT molecular complexity index is 654. The number of allylic oxidation sites excluding steroid dienone is 2. The van der Waals surface area contributed by atoms with Gasteiger partial charge in [0.15, 0.2) is 0 Å². The van der Waals surface area contributed by atoms with E-state index in [0.717, 1.165) is 51.4 Å². The minimum absolute atomic E-state index is 0.0154. The van der Waals surface area contributed by atoms with E-state index in [4.69, 9.17) is 10.3 Å². The average molecular weight is 614 g/mol. The molecule has 3 N–H and O–H groups in total. The molecule has 2 atom stereocenters. The number of hydrogen-bond donors (Lipinski definition) is 2. The predicted octanol–water partition coefficient (Wildman–Crippen LogP) is 11.6. The Labute approximate surface area is 262 Å². The summed E-state index contributed by atoms with van der Waals surface area (Å²) >= 11 is 0. The Hall–Kier alpha value is -0.480. The van der Waals surface area contributed by atoms with Crippen LogP contribution in [0.5, 0.6) is 0 Å². The highest BCUT2D eigenvalue weighted by atomic mass is 31.2. The molecule has 0 rings (SSSR count). The van der Waals surface area contributed by atoms with E-state index in [2.05, 4.69) is 26.0 Å². The molecule has 0 bridgehead atoms. The van der Waals surface area contributed by atoms with E-state index < -0.39 is 13.3 Å². The second-order valence-electron chi connectivity index (χ2n) is 12.5. The van der Waals surface area contributed by atoms with Crippen LogP contribution in [0.2, 0.25) is 0 Å². The van der Waals surface area contributed by atoms with Crippen LogP contribution >= 0.6 is 7.60 Å². The smallest absolute Gasteiger partial charge is 0.328 e. The minimum Gasteiger partial charge on any atom is -0.328 e. The summed E-state index contributed by atoms with van der Waals surface area (Å²) in [4.78, 5) is 23.5. The minimum atomic E-state index is -3.99. The lowest BCUT2D eigenvalue weighted by molar-refractivity contribution is -0.119. The Morgan fingerprint density at radius 3 is 1.45 bits per heavy atom. The molecule has 0 fully saturated rings. The van der Waals surface area contributed by atoms with Gasteiger partial charge < -0.3 is 15.2 Å². The average Bonchev–Trinajstić information content (AvgIpc) is 2.98. The molecule has 42 heavy (non-hydrogen) atoms. The molecule has 2 unspecified atom stereocenters. The van der Waals surface area contributed by atoms with Crippen molar-refractivity contribution in [2.24, 2.45) is 5.73 Å². The van der Waals surface area contributed by atoms with Gasteiger partial charge in [-0.15, -0.1) is 0 Å². The normalized spacial score (nSPS) is 14.0. The fraction of sp³-hybridized carbons (Fsp3) is 0.917. The highest BCUT2D eigenvalue weighted by molar-refractivity contribution is 7.54. The number of rotatable bonds is 34. The number of carbonyl (C=O) groups is 1. The van der Waals surface area contributed by atoms with Crippen LogP contribution in [0.1, 0.15) is 194 Å². The molecule has 0 aliphatic rings. The molecule has 0 aromatic rings. The van der Waals surface area contributed by atoms with Crippen LogP contribution in [-0.2, 0) is 13.9 Å². The van der Waals surface area contributed by atoms with Crippen LogP contribution in [0.3, 0.4) is 0 Å². The molecule has 0 saturated carbocycles. The molecule has 0 aliphatic heterocycles. The first kappa shape index (κ1) is 41.5. The van der Waals surface area contributed by atoms with Gasteiger partial charge in [0.25, 0.3) is 0 Å². The van der Waals surface area contributed by atoms with Gasteiger partial charge in [-0.1, -0.05) is 161 Å². The van der Waals surface area contributed by atoms with E-state index in [-0.39, 0.29) is 18.9 Å². The van der Waals surface area contributed by atoms with E-state index in [1.165, 1.54) is 116 Å².